The SMILES string of the molecule is CC(=O)N(C)c1nc(CSc2ncc(-c3ccccc3)n2-c2ccccc2Cl)cs1. The third kappa shape index (κ3) is 4.28. The molecule has 4 rings (SSSR count). The fourth-order valence-electron chi connectivity index (χ4n) is 2.90. The van der Waals surface area contributed by atoms with Gasteiger partial charge in [-0.15, -0.1) is 11.3 Å². The van der Waals surface area contributed by atoms with Crippen LogP contribution in [-0.2, 0) is 10.5 Å². The lowest BCUT2D eigenvalue weighted by Gasteiger charge is -2.13. The molecule has 1 amide bonds. The minimum atomic E-state index is -0.0367. The van der Waals surface area contributed by atoms with E-state index in [1.807, 2.05) is 54.0 Å². The Morgan fingerprint density at radius 2 is 1.90 bits per heavy atom. The fourth-order valence-corrected chi connectivity index (χ4v) is 4.94. The van der Waals surface area contributed by atoms with Crippen LogP contribution in [0.4, 0.5) is 5.13 Å². The normalized spacial score (nSPS) is 10.9. The summed E-state index contributed by atoms with van der Waals surface area (Å²) in [5.41, 5.74) is 3.83. The zero-order valence-electron chi connectivity index (χ0n) is 16.4. The van der Waals surface area contributed by atoms with Crippen molar-refractivity contribution in [1.29, 1.82) is 0 Å². The molecular formula is C22H19ClN4OS2. The van der Waals surface area contributed by atoms with E-state index in [1.165, 1.54) is 18.3 Å². The van der Waals surface area contributed by atoms with Gasteiger partial charge in [-0.2, -0.15) is 0 Å². The van der Waals surface area contributed by atoms with E-state index in [9.17, 15) is 4.79 Å². The van der Waals surface area contributed by atoms with Crippen LogP contribution in [0.2, 0.25) is 5.02 Å². The number of thioether (sulfide) groups is 1. The largest absolute Gasteiger partial charge is 0.292 e. The van der Waals surface area contributed by atoms with E-state index in [1.54, 1.807) is 23.7 Å². The molecule has 0 radical (unpaired) electrons. The summed E-state index contributed by atoms with van der Waals surface area (Å²) < 4.78 is 2.08. The predicted octanol–water partition coefficient (Wildman–Crippen LogP) is 5.92. The Kier molecular flexibility index (Phi) is 6.22. The van der Waals surface area contributed by atoms with E-state index in [0.717, 1.165) is 27.8 Å². The fraction of sp³-hybridized carbons (Fsp3) is 0.136. The molecule has 0 N–H and O–H groups in total. The first-order chi connectivity index (χ1) is 14.5. The van der Waals surface area contributed by atoms with Gasteiger partial charge >= 0.3 is 0 Å². The van der Waals surface area contributed by atoms with Crippen molar-refractivity contribution in [2.45, 2.75) is 17.8 Å². The second-order valence-electron chi connectivity index (χ2n) is 6.57. The molecule has 5 nitrogen and oxygen atoms in total. The number of anilines is 1. The Labute approximate surface area is 188 Å². The van der Waals surface area contributed by atoms with Crippen molar-refractivity contribution in [2.75, 3.05) is 11.9 Å². The highest BCUT2D eigenvalue weighted by Gasteiger charge is 2.17. The quantitative estimate of drug-likeness (QED) is 0.339. The van der Waals surface area contributed by atoms with Crippen LogP contribution >= 0.6 is 34.7 Å². The summed E-state index contributed by atoms with van der Waals surface area (Å²) in [6.45, 7) is 1.53. The van der Waals surface area contributed by atoms with Crippen LogP contribution in [-0.4, -0.2) is 27.5 Å². The van der Waals surface area contributed by atoms with E-state index in [-0.39, 0.29) is 5.91 Å². The lowest BCUT2D eigenvalue weighted by molar-refractivity contribution is -0.116. The number of benzene rings is 2. The van der Waals surface area contributed by atoms with Gasteiger partial charge in [-0.3, -0.25) is 14.3 Å². The van der Waals surface area contributed by atoms with Gasteiger partial charge in [0, 0.05) is 30.7 Å². The van der Waals surface area contributed by atoms with Gasteiger partial charge in [-0.25, -0.2) is 9.97 Å². The van der Waals surface area contributed by atoms with Crippen molar-refractivity contribution >= 4 is 45.7 Å². The summed E-state index contributed by atoms with van der Waals surface area (Å²) in [4.78, 5) is 22.4. The average molecular weight is 455 g/mol. The van der Waals surface area contributed by atoms with Crippen LogP contribution in [0.5, 0.6) is 0 Å². The van der Waals surface area contributed by atoms with Crippen LogP contribution < -0.4 is 4.90 Å². The van der Waals surface area contributed by atoms with Crippen molar-refractivity contribution in [3.63, 3.8) is 0 Å². The third-order valence-electron chi connectivity index (χ3n) is 4.54. The Hall–Kier alpha value is -2.61. The van der Waals surface area contributed by atoms with Crippen LogP contribution in [0.15, 0.2) is 71.3 Å². The molecule has 2 aromatic carbocycles. The number of rotatable bonds is 6. The van der Waals surface area contributed by atoms with E-state index >= 15 is 0 Å². The lowest BCUT2D eigenvalue weighted by atomic mass is 10.1. The zero-order chi connectivity index (χ0) is 21.1. The number of hydrogen-bond donors (Lipinski definition) is 0. The predicted molar refractivity (Wildman–Crippen MR) is 125 cm³/mol. The minimum absolute atomic E-state index is 0.0367. The molecule has 0 unspecified atom stereocenters. The van der Waals surface area contributed by atoms with Gasteiger partial charge in [0.25, 0.3) is 0 Å². The molecule has 0 saturated carbocycles. The van der Waals surface area contributed by atoms with Gasteiger partial charge in [0.1, 0.15) is 0 Å². The molecule has 0 aliphatic rings. The summed E-state index contributed by atoms with van der Waals surface area (Å²) in [6.07, 6.45) is 1.87. The Morgan fingerprint density at radius 3 is 2.63 bits per heavy atom. The maximum atomic E-state index is 11.6. The van der Waals surface area contributed by atoms with Gasteiger partial charge in [0.05, 0.1) is 28.3 Å². The Morgan fingerprint density at radius 1 is 1.17 bits per heavy atom. The standard InChI is InChI=1S/C22H19ClN4OS2/c1-15(28)26(2)22-25-17(14-30-22)13-29-21-24-12-20(16-8-4-3-5-9-16)27(21)19-11-7-6-10-18(19)23/h3-12,14H,13H2,1-2H3. The number of amides is 1. The lowest BCUT2D eigenvalue weighted by Crippen LogP contribution is -2.22. The smallest absolute Gasteiger partial charge is 0.225 e. The van der Waals surface area contributed by atoms with E-state index in [4.69, 9.17) is 11.6 Å². The van der Waals surface area contributed by atoms with Crippen molar-refractivity contribution in [2.24, 2.45) is 0 Å². The van der Waals surface area contributed by atoms with E-state index in [0.29, 0.717) is 15.9 Å². The zero-order valence-corrected chi connectivity index (χ0v) is 18.8. The van der Waals surface area contributed by atoms with Crippen LogP contribution in [0.25, 0.3) is 16.9 Å². The van der Waals surface area contributed by atoms with Gasteiger partial charge in [0.15, 0.2) is 10.3 Å². The summed E-state index contributed by atoms with van der Waals surface area (Å²) in [7, 11) is 1.73. The van der Waals surface area contributed by atoms with Crippen LogP contribution in [0.1, 0.15) is 12.6 Å². The van der Waals surface area contributed by atoms with Crippen molar-refractivity contribution < 1.29 is 4.79 Å². The summed E-state index contributed by atoms with van der Waals surface area (Å²) in [6, 6.07) is 17.9. The van der Waals surface area contributed by atoms with Crippen LogP contribution in [0.3, 0.4) is 0 Å². The number of carbonyl (C=O) groups excluding carboxylic acids is 1. The molecule has 2 aromatic heterocycles. The van der Waals surface area contributed by atoms with Gasteiger partial charge in [-0.05, 0) is 12.1 Å². The summed E-state index contributed by atoms with van der Waals surface area (Å²) >= 11 is 9.57. The molecule has 0 spiro atoms. The number of hydrogen-bond acceptors (Lipinski definition) is 5. The molecule has 4 aromatic rings. The monoisotopic (exact) mass is 454 g/mol. The number of aromatic nitrogens is 3. The van der Waals surface area contributed by atoms with E-state index in [2.05, 4.69) is 26.7 Å². The summed E-state index contributed by atoms with van der Waals surface area (Å²) in [5, 5.41) is 4.16. The topological polar surface area (TPSA) is 51.0 Å². The van der Waals surface area contributed by atoms with Crippen LogP contribution in [0, 0.1) is 0 Å². The number of carbonyl (C=O) groups is 1. The summed E-state index contributed by atoms with van der Waals surface area (Å²) in [5.74, 6) is 0.600. The van der Waals surface area contributed by atoms with Gasteiger partial charge in [0.2, 0.25) is 5.91 Å². The number of imidazole rings is 1. The highest BCUT2D eigenvalue weighted by molar-refractivity contribution is 7.98. The maximum Gasteiger partial charge on any atom is 0.225 e. The molecule has 0 aliphatic heterocycles. The Balaban J connectivity index is 1.67. The van der Waals surface area contributed by atoms with Crippen molar-refractivity contribution in [3.8, 4) is 16.9 Å². The molecule has 0 bridgehead atoms. The molecule has 0 fully saturated rings. The molecule has 30 heavy (non-hydrogen) atoms. The minimum Gasteiger partial charge on any atom is -0.292 e. The Bertz CT molecular complexity index is 1170. The van der Waals surface area contributed by atoms with Gasteiger partial charge in [-0.1, -0.05) is 65.8 Å². The highest BCUT2D eigenvalue weighted by Crippen LogP contribution is 2.34. The first kappa shape index (κ1) is 20.7. The number of nitrogens with zero attached hydrogens (tertiary/aromatic N) is 4. The first-order valence-electron chi connectivity index (χ1n) is 9.24. The molecule has 0 saturated heterocycles. The van der Waals surface area contributed by atoms with E-state index < -0.39 is 0 Å². The molecule has 2 heterocycles. The third-order valence-corrected chi connectivity index (χ3v) is 6.81. The average Bonchev–Trinajstić information content (AvgIpc) is 3.40. The molecule has 0 atom stereocenters. The first-order valence-corrected chi connectivity index (χ1v) is 11.5. The molecule has 8 heteroatoms. The number of para-hydroxylation sites is 1. The second kappa shape index (κ2) is 9.04. The number of halogens is 1. The number of thiazole rings is 1. The molecular weight excluding hydrogens is 436 g/mol. The van der Waals surface area contributed by atoms with Gasteiger partial charge < -0.3 is 0 Å². The maximum absolute atomic E-state index is 11.6. The van der Waals surface area contributed by atoms with Crippen molar-refractivity contribution in [1.82, 2.24) is 14.5 Å². The molecule has 0 aliphatic carbocycles. The van der Waals surface area contributed by atoms with Crippen molar-refractivity contribution in [3.05, 3.63) is 76.9 Å². The molecule has 152 valence electrons. The highest BCUT2D eigenvalue weighted by atomic mass is 35.5. The second-order valence-corrected chi connectivity index (χ2v) is 8.75.